The SMILES string of the molecule is Nc1c(C(=O)O)cc(CCl)nc1C(F)F. The molecule has 1 aromatic heterocycles. The summed E-state index contributed by atoms with van der Waals surface area (Å²) in [6.45, 7) is 0. The zero-order valence-electron chi connectivity index (χ0n) is 7.38. The molecule has 4 nitrogen and oxygen atoms in total. The van der Waals surface area contributed by atoms with Crippen LogP contribution in [0.25, 0.3) is 0 Å². The molecule has 0 amide bonds. The van der Waals surface area contributed by atoms with E-state index in [1.165, 1.54) is 0 Å². The van der Waals surface area contributed by atoms with Crippen LogP contribution in [0.15, 0.2) is 6.07 Å². The number of carboxylic acid groups (broad SMARTS) is 1. The van der Waals surface area contributed by atoms with Crippen LogP contribution in [-0.2, 0) is 5.88 Å². The molecular weight excluding hydrogens is 230 g/mol. The predicted molar refractivity (Wildman–Crippen MR) is 50.1 cm³/mol. The Balaban J connectivity index is 3.40. The summed E-state index contributed by atoms with van der Waals surface area (Å²) in [6, 6.07) is 1.08. The Hall–Kier alpha value is -1.43. The fourth-order valence-corrected chi connectivity index (χ4v) is 1.18. The fourth-order valence-electron chi connectivity index (χ4n) is 1.04. The van der Waals surface area contributed by atoms with Crippen LogP contribution in [0.1, 0.15) is 28.2 Å². The first kappa shape index (κ1) is 11.6. The average molecular weight is 237 g/mol. The summed E-state index contributed by atoms with van der Waals surface area (Å²) in [5.74, 6) is -1.54. The molecule has 82 valence electrons. The minimum absolute atomic E-state index is 0.0542. The van der Waals surface area contributed by atoms with Crippen LogP contribution in [-0.4, -0.2) is 16.1 Å². The standard InChI is InChI=1S/C8H7ClF2N2O2/c9-2-3-1-4(8(14)15)5(12)6(13-3)7(10)11/h1,7H,2,12H2,(H,14,15). The maximum absolute atomic E-state index is 12.4. The second-order valence-electron chi connectivity index (χ2n) is 2.70. The van der Waals surface area contributed by atoms with E-state index in [0.29, 0.717) is 0 Å². The topological polar surface area (TPSA) is 76.2 Å². The number of nitrogens with zero attached hydrogens (tertiary/aromatic N) is 1. The fraction of sp³-hybridized carbons (Fsp3) is 0.250. The number of carboxylic acids is 1. The normalized spacial score (nSPS) is 10.7. The molecule has 1 rings (SSSR count). The van der Waals surface area contributed by atoms with Crippen molar-refractivity contribution in [1.82, 2.24) is 4.98 Å². The predicted octanol–water partition coefficient (Wildman–Crippen LogP) is 2.04. The largest absolute Gasteiger partial charge is 0.478 e. The molecule has 1 heterocycles. The maximum atomic E-state index is 12.4. The van der Waals surface area contributed by atoms with Crippen LogP contribution in [0.2, 0.25) is 0 Å². The number of hydrogen-bond acceptors (Lipinski definition) is 3. The Morgan fingerprint density at radius 1 is 1.67 bits per heavy atom. The summed E-state index contributed by atoms with van der Waals surface area (Å²) in [6.07, 6.45) is -2.92. The van der Waals surface area contributed by atoms with Crippen molar-refractivity contribution in [2.75, 3.05) is 5.73 Å². The van der Waals surface area contributed by atoms with Gasteiger partial charge in [0.25, 0.3) is 6.43 Å². The molecule has 0 spiro atoms. The first-order valence-corrected chi connectivity index (χ1v) is 4.37. The Morgan fingerprint density at radius 2 is 2.27 bits per heavy atom. The van der Waals surface area contributed by atoms with Gasteiger partial charge in [-0.1, -0.05) is 0 Å². The van der Waals surface area contributed by atoms with Crippen molar-refractivity contribution < 1.29 is 18.7 Å². The monoisotopic (exact) mass is 236 g/mol. The van der Waals surface area contributed by atoms with Gasteiger partial charge in [0.2, 0.25) is 0 Å². The summed E-state index contributed by atoms with van der Waals surface area (Å²) in [5.41, 5.74) is 3.62. The summed E-state index contributed by atoms with van der Waals surface area (Å²) >= 11 is 5.39. The van der Waals surface area contributed by atoms with E-state index in [2.05, 4.69) is 4.98 Å². The van der Waals surface area contributed by atoms with E-state index < -0.39 is 29.3 Å². The highest BCUT2D eigenvalue weighted by Crippen LogP contribution is 2.27. The third-order valence-electron chi connectivity index (χ3n) is 1.72. The van der Waals surface area contributed by atoms with Crippen molar-refractivity contribution in [2.45, 2.75) is 12.3 Å². The minimum Gasteiger partial charge on any atom is -0.478 e. The lowest BCUT2D eigenvalue weighted by Gasteiger charge is -2.08. The van der Waals surface area contributed by atoms with E-state index in [1.54, 1.807) is 0 Å². The zero-order chi connectivity index (χ0) is 11.6. The number of aromatic nitrogens is 1. The number of anilines is 1. The van der Waals surface area contributed by atoms with E-state index in [-0.39, 0.29) is 11.6 Å². The van der Waals surface area contributed by atoms with Crippen LogP contribution >= 0.6 is 11.6 Å². The highest BCUT2D eigenvalue weighted by atomic mass is 35.5. The van der Waals surface area contributed by atoms with Gasteiger partial charge in [-0.15, -0.1) is 11.6 Å². The van der Waals surface area contributed by atoms with E-state index in [0.717, 1.165) is 6.07 Å². The van der Waals surface area contributed by atoms with E-state index in [4.69, 9.17) is 22.4 Å². The Morgan fingerprint density at radius 3 is 2.67 bits per heavy atom. The van der Waals surface area contributed by atoms with Gasteiger partial charge < -0.3 is 10.8 Å². The Kier molecular flexibility index (Phi) is 3.41. The van der Waals surface area contributed by atoms with Gasteiger partial charge in [-0.3, -0.25) is 0 Å². The Bertz CT molecular complexity index is 398. The van der Waals surface area contributed by atoms with Crippen LogP contribution in [0.3, 0.4) is 0 Å². The molecule has 0 aliphatic rings. The first-order chi connectivity index (χ1) is 6.97. The number of alkyl halides is 3. The van der Waals surface area contributed by atoms with Gasteiger partial charge >= 0.3 is 5.97 Å². The van der Waals surface area contributed by atoms with E-state index >= 15 is 0 Å². The van der Waals surface area contributed by atoms with Crippen LogP contribution in [0.4, 0.5) is 14.5 Å². The molecule has 0 saturated heterocycles. The lowest BCUT2D eigenvalue weighted by atomic mass is 10.1. The van der Waals surface area contributed by atoms with Gasteiger partial charge in [0.05, 0.1) is 22.8 Å². The molecule has 0 fully saturated rings. The zero-order valence-corrected chi connectivity index (χ0v) is 8.13. The molecule has 3 N–H and O–H groups in total. The van der Waals surface area contributed by atoms with Gasteiger partial charge in [0.1, 0.15) is 5.69 Å². The third-order valence-corrected chi connectivity index (χ3v) is 1.99. The van der Waals surface area contributed by atoms with Crippen molar-refractivity contribution in [3.63, 3.8) is 0 Å². The lowest BCUT2D eigenvalue weighted by molar-refractivity contribution is 0.0697. The van der Waals surface area contributed by atoms with Crippen molar-refractivity contribution in [2.24, 2.45) is 0 Å². The second-order valence-corrected chi connectivity index (χ2v) is 2.97. The summed E-state index contributed by atoms with van der Waals surface area (Å²) in [5, 5.41) is 8.70. The summed E-state index contributed by atoms with van der Waals surface area (Å²) in [7, 11) is 0. The minimum atomic E-state index is -2.92. The second kappa shape index (κ2) is 4.39. The molecule has 0 radical (unpaired) electrons. The molecule has 0 aromatic carbocycles. The molecule has 15 heavy (non-hydrogen) atoms. The smallest absolute Gasteiger partial charge is 0.337 e. The average Bonchev–Trinajstić information content (AvgIpc) is 2.17. The molecule has 0 atom stereocenters. The number of carbonyl (C=O) groups is 1. The molecule has 0 aliphatic carbocycles. The highest BCUT2D eigenvalue weighted by molar-refractivity contribution is 6.17. The number of rotatable bonds is 3. The number of halogens is 3. The van der Waals surface area contributed by atoms with Crippen LogP contribution in [0, 0.1) is 0 Å². The van der Waals surface area contributed by atoms with Crippen molar-refractivity contribution >= 4 is 23.3 Å². The van der Waals surface area contributed by atoms with Crippen LogP contribution in [0.5, 0.6) is 0 Å². The molecular formula is C8H7ClF2N2O2. The van der Waals surface area contributed by atoms with E-state index in [1.807, 2.05) is 0 Å². The van der Waals surface area contributed by atoms with Gasteiger partial charge in [0, 0.05) is 0 Å². The summed E-state index contributed by atoms with van der Waals surface area (Å²) < 4.78 is 24.8. The number of nitrogens with two attached hydrogens (primary N) is 1. The quantitative estimate of drug-likeness (QED) is 0.788. The molecule has 0 bridgehead atoms. The number of aromatic carboxylic acids is 1. The number of hydrogen-bond donors (Lipinski definition) is 2. The summed E-state index contributed by atoms with van der Waals surface area (Å²) in [4.78, 5) is 14.1. The van der Waals surface area contributed by atoms with Crippen molar-refractivity contribution in [3.8, 4) is 0 Å². The van der Waals surface area contributed by atoms with Gasteiger partial charge in [-0.05, 0) is 6.07 Å². The molecule has 0 aliphatic heterocycles. The highest BCUT2D eigenvalue weighted by Gasteiger charge is 2.20. The number of nitrogen functional groups attached to an aromatic ring is 1. The van der Waals surface area contributed by atoms with Crippen molar-refractivity contribution in [1.29, 1.82) is 0 Å². The van der Waals surface area contributed by atoms with Gasteiger partial charge in [-0.25, -0.2) is 18.6 Å². The maximum Gasteiger partial charge on any atom is 0.337 e. The molecule has 1 aromatic rings. The number of pyridine rings is 1. The third kappa shape index (κ3) is 2.33. The molecule has 7 heteroatoms. The van der Waals surface area contributed by atoms with E-state index in [9.17, 15) is 13.6 Å². The molecule has 0 saturated carbocycles. The van der Waals surface area contributed by atoms with Gasteiger partial charge in [-0.2, -0.15) is 0 Å². The van der Waals surface area contributed by atoms with Crippen molar-refractivity contribution in [3.05, 3.63) is 23.0 Å². The van der Waals surface area contributed by atoms with Crippen LogP contribution < -0.4 is 5.73 Å². The first-order valence-electron chi connectivity index (χ1n) is 3.84. The van der Waals surface area contributed by atoms with Gasteiger partial charge in [0.15, 0.2) is 0 Å². The molecule has 0 unspecified atom stereocenters. The Labute approximate surface area is 88.7 Å². The lowest BCUT2D eigenvalue weighted by Crippen LogP contribution is -2.09.